The lowest BCUT2D eigenvalue weighted by Crippen LogP contribution is -2.51. The summed E-state index contributed by atoms with van der Waals surface area (Å²) in [5.74, 6) is -0.687. The van der Waals surface area contributed by atoms with Gasteiger partial charge in [0, 0.05) is 0 Å². The normalized spacial score (nSPS) is 14.0. The molecular weight excluding hydrogens is 274 g/mol. The fraction of sp³-hybridized carbons (Fsp3) is 0.467. The number of hydrogen-bond acceptors (Lipinski definition) is 4. The van der Waals surface area contributed by atoms with E-state index in [4.69, 9.17) is 9.47 Å². The Morgan fingerprint density at radius 1 is 1.19 bits per heavy atom. The van der Waals surface area contributed by atoms with Crippen molar-refractivity contribution in [2.45, 2.75) is 38.8 Å². The van der Waals surface area contributed by atoms with Gasteiger partial charge in [-0.05, 0) is 45.4 Å². The van der Waals surface area contributed by atoms with Crippen LogP contribution in [-0.2, 0) is 15.1 Å². The number of methoxy groups -OCH3 is 1. The molecule has 1 atom stereocenters. The van der Waals surface area contributed by atoms with Crippen LogP contribution >= 0.6 is 0 Å². The number of carboxylic acid groups (broad SMARTS) is 1. The van der Waals surface area contributed by atoms with Crippen LogP contribution in [0.1, 0.15) is 33.3 Å². The second kappa shape index (κ2) is 6.03. The standard InChI is InChI=1S/C15H21NO5/c1-14(2,3)21-13(19)16-15(4,12(17)18)10-7-6-8-11(9-10)20-5/h6-9H,1-5H3,(H,16,19)(H,17,18). The quantitative estimate of drug-likeness (QED) is 0.891. The maximum atomic E-state index is 11.9. The molecule has 2 N–H and O–H groups in total. The van der Waals surface area contributed by atoms with E-state index in [1.54, 1.807) is 45.0 Å². The molecule has 0 fully saturated rings. The minimum absolute atomic E-state index is 0.389. The molecular formula is C15H21NO5. The molecule has 0 spiro atoms. The van der Waals surface area contributed by atoms with E-state index in [-0.39, 0.29) is 0 Å². The van der Waals surface area contributed by atoms with Crippen molar-refractivity contribution in [1.82, 2.24) is 5.32 Å². The third-order valence-corrected chi connectivity index (χ3v) is 2.83. The zero-order valence-electron chi connectivity index (χ0n) is 12.9. The number of ether oxygens (including phenoxy) is 2. The van der Waals surface area contributed by atoms with E-state index in [0.29, 0.717) is 11.3 Å². The predicted octanol–water partition coefficient (Wildman–Crippen LogP) is 2.52. The summed E-state index contributed by atoms with van der Waals surface area (Å²) >= 11 is 0. The minimum atomic E-state index is -1.61. The van der Waals surface area contributed by atoms with Crippen LogP contribution in [0.25, 0.3) is 0 Å². The van der Waals surface area contributed by atoms with E-state index >= 15 is 0 Å². The van der Waals surface area contributed by atoms with Crippen LogP contribution < -0.4 is 10.1 Å². The molecule has 0 bridgehead atoms. The first kappa shape index (κ1) is 16.8. The smallest absolute Gasteiger partial charge is 0.408 e. The summed E-state index contributed by atoms with van der Waals surface area (Å²) in [7, 11) is 1.48. The average molecular weight is 295 g/mol. The Kier molecular flexibility index (Phi) is 4.83. The van der Waals surface area contributed by atoms with Crippen molar-refractivity contribution in [3.63, 3.8) is 0 Å². The Morgan fingerprint density at radius 2 is 1.81 bits per heavy atom. The van der Waals surface area contributed by atoms with E-state index in [1.807, 2.05) is 0 Å². The molecule has 0 aromatic heterocycles. The van der Waals surface area contributed by atoms with Crippen molar-refractivity contribution < 1.29 is 24.2 Å². The van der Waals surface area contributed by atoms with Crippen LogP contribution in [0.15, 0.2) is 24.3 Å². The van der Waals surface area contributed by atoms with Crippen LogP contribution in [0.4, 0.5) is 4.79 Å². The molecule has 1 unspecified atom stereocenters. The van der Waals surface area contributed by atoms with Crippen molar-refractivity contribution in [3.05, 3.63) is 29.8 Å². The molecule has 116 valence electrons. The summed E-state index contributed by atoms with van der Waals surface area (Å²) in [6, 6.07) is 6.52. The molecule has 0 heterocycles. The second-order valence-corrected chi connectivity index (χ2v) is 5.79. The number of benzene rings is 1. The number of aliphatic carboxylic acids is 1. The summed E-state index contributed by atoms with van der Waals surface area (Å²) in [4.78, 5) is 23.5. The van der Waals surface area contributed by atoms with E-state index in [1.165, 1.54) is 14.0 Å². The maximum absolute atomic E-state index is 11.9. The molecule has 6 heteroatoms. The number of carbonyl (C=O) groups is 2. The fourth-order valence-electron chi connectivity index (χ4n) is 1.69. The Bertz CT molecular complexity index is 535. The van der Waals surface area contributed by atoms with Gasteiger partial charge in [0.1, 0.15) is 11.4 Å². The van der Waals surface area contributed by atoms with Crippen molar-refractivity contribution in [3.8, 4) is 5.75 Å². The molecule has 0 aliphatic carbocycles. The van der Waals surface area contributed by atoms with Gasteiger partial charge in [-0.1, -0.05) is 12.1 Å². The van der Waals surface area contributed by atoms with Crippen LogP contribution in [0, 0.1) is 0 Å². The molecule has 0 aliphatic rings. The summed E-state index contributed by atoms with van der Waals surface area (Å²) in [6.07, 6.45) is -0.796. The fourth-order valence-corrected chi connectivity index (χ4v) is 1.69. The van der Waals surface area contributed by atoms with Crippen LogP contribution in [-0.4, -0.2) is 29.9 Å². The average Bonchev–Trinajstić information content (AvgIpc) is 2.36. The van der Waals surface area contributed by atoms with Gasteiger partial charge >= 0.3 is 12.1 Å². The summed E-state index contributed by atoms with van der Waals surface area (Å²) in [5, 5.41) is 11.9. The van der Waals surface area contributed by atoms with Gasteiger partial charge in [0.2, 0.25) is 0 Å². The van der Waals surface area contributed by atoms with Crippen LogP contribution in [0.5, 0.6) is 5.75 Å². The third kappa shape index (κ3) is 4.37. The topological polar surface area (TPSA) is 84.9 Å². The molecule has 1 amide bonds. The van der Waals surface area contributed by atoms with Gasteiger partial charge in [0.25, 0.3) is 0 Å². The van der Waals surface area contributed by atoms with Gasteiger partial charge in [0.05, 0.1) is 7.11 Å². The van der Waals surface area contributed by atoms with Crippen molar-refractivity contribution >= 4 is 12.1 Å². The number of carbonyl (C=O) groups excluding carboxylic acids is 1. The highest BCUT2D eigenvalue weighted by Gasteiger charge is 2.38. The molecule has 0 saturated carbocycles. The van der Waals surface area contributed by atoms with E-state index in [0.717, 1.165) is 0 Å². The number of amides is 1. The molecule has 1 aromatic rings. The largest absolute Gasteiger partial charge is 0.497 e. The summed E-state index contributed by atoms with van der Waals surface area (Å²) < 4.78 is 10.2. The summed E-state index contributed by atoms with van der Waals surface area (Å²) in [5.41, 5.74) is -1.94. The number of hydrogen-bond donors (Lipinski definition) is 2. The molecule has 0 saturated heterocycles. The van der Waals surface area contributed by atoms with Crippen molar-refractivity contribution in [1.29, 1.82) is 0 Å². The third-order valence-electron chi connectivity index (χ3n) is 2.83. The van der Waals surface area contributed by atoms with E-state index in [2.05, 4.69) is 5.32 Å². The van der Waals surface area contributed by atoms with Crippen molar-refractivity contribution in [2.75, 3.05) is 7.11 Å². The highest BCUT2D eigenvalue weighted by atomic mass is 16.6. The summed E-state index contributed by atoms with van der Waals surface area (Å²) in [6.45, 7) is 6.51. The first-order valence-corrected chi connectivity index (χ1v) is 6.47. The monoisotopic (exact) mass is 295 g/mol. The SMILES string of the molecule is COc1cccc(C(C)(NC(=O)OC(C)(C)C)C(=O)O)c1. The molecule has 0 radical (unpaired) electrons. The Labute approximate surface area is 124 Å². The lowest BCUT2D eigenvalue weighted by Gasteiger charge is -2.29. The van der Waals surface area contributed by atoms with Crippen molar-refractivity contribution in [2.24, 2.45) is 0 Å². The van der Waals surface area contributed by atoms with Gasteiger partial charge in [-0.3, -0.25) is 0 Å². The number of nitrogens with one attached hydrogen (secondary N) is 1. The van der Waals surface area contributed by atoms with E-state index < -0.39 is 23.2 Å². The number of rotatable bonds is 4. The second-order valence-electron chi connectivity index (χ2n) is 5.79. The number of carboxylic acids is 1. The lowest BCUT2D eigenvalue weighted by molar-refractivity contribution is -0.144. The Balaban J connectivity index is 3.08. The Hall–Kier alpha value is -2.24. The van der Waals surface area contributed by atoms with Gasteiger partial charge in [-0.15, -0.1) is 0 Å². The van der Waals surface area contributed by atoms with Gasteiger partial charge in [0.15, 0.2) is 5.54 Å². The molecule has 21 heavy (non-hydrogen) atoms. The minimum Gasteiger partial charge on any atom is -0.497 e. The highest BCUT2D eigenvalue weighted by Crippen LogP contribution is 2.25. The maximum Gasteiger partial charge on any atom is 0.408 e. The van der Waals surface area contributed by atoms with Gasteiger partial charge in [-0.25, -0.2) is 9.59 Å². The molecule has 0 aliphatic heterocycles. The zero-order valence-corrected chi connectivity index (χ0v) is 12.9. The van der Waals surface area contributed by atoms with Crippen LogP contribution in [0.2, 0.25) is 0 Å². The van der Waals surface area contributed by atoms with Gasteiger partial charge in [-0.2, -0.15) is 0 Å². The Morgan fingerprint density at radius 3 is 2.29 bits per heavy atom. The molecule has 1 aromatic carbocycles. The van der Waals surface area contributed by atoms with Gasteiger partial charge < -0.3 is 19.9 Å². The first-order valence-electron chi connectivity index (χ1n) is 6.47. The zero-order chi connectivity index (χ0) is 16.3. The predicted molar refractivity (Wildman–Crippen MR) is 77.4 cm³/mol. The molecule has 6 nitrogen and oxygen atoms in total. The number of alkyl carbamates (subject to hydrolysis) is 1. The van der Waals surface area contributed by atoms with Crippen LogP contribution in [0.3, 0.4) is 0 Å². The lowest BCUT2D eigenvalue weighted by atomic mass is 9.92. The first-order chi connectivity index (χ1) is 9.58. The van der Waals surface area contributed by atoms with E-state index in [9.17, 15) is 14.7 Å². The molecule has 1 rings (SSSR count). The highest BCUT2D eigenvalue weighted by molar-refractivity contribution is 5.85.